The van der Waals surface area contributed by atoms with Gasteiger partial charge in [0, 0.05) is 61.2 Å². The van der Waals surface area contributed by atoms with Crippen LogP contribution >= 0.6 is 0 Å². The Morgan fingerprint density at radius 1 is 0.941 bits per heavy atom. The fraction of sp³-hybridized carbons (Fsp3) is 0.433. The molecule has 0 spiro atoms. The van der Waals surface area contributed by atoms with E-state index in [-0.39, 0.29) is 17.4 Å². The molecule has 0 saturated carbocycles. The van der Waals surface area contributed by atoms with Crippen molar-refractivity contribution in [2.45, 2.75) is 51.4 Å². The fourth-order valence-electron chi connectivity index (χ4n) is 5.59. The van der Waals surface area contributed by atoms with Gasteiger partial charge < -0.3 is 14.7 Å². The second-order valence-corrected chi connectivity index (χ2v) is 10.3. The largest absolute Gasteiger partial charge is 0.396 e. The predicted octanol–water partition coefficient (Wildman–Crippen LogP) is 5.72. The zero-order valence-electron chi connectivity index (χ0n) is 21.3. The summed E-state index contributed by atoms with van der Waals surface area (Å²) in [5.41, 5.74) is 7.71. The Hall–Kier alpha value is -2.69. The minimum Gasteiger partial charge on any atom is -0.396 e. The van der Waals surface area contributed by atoms with Crippen molar-refractivity contribution in [2.75, 3.05) is 38.3 Å². The van der Waals surface area contributed by atoms with E-state index in [1.807, 2.05) is 0 Å². The van der Waals surface area contributed by atoms with Crippen LogP contribution in [-0.4, -0.2) is 48.8 Å². The molecule has 2 aliphatic heterocycles. The van der Waals surface area contributed by atoms with Gasteiger partial charge in [-0.15, -0.1) is 0 Å². The maximum Gasteiger partial charge on any atom is 0.209 e. The van der Waals surface area contributed by atoms with Crippen molar-refractivity contribution in [1.82, 2.24) is 0 Å². The molecule has 0 aliphatic carbocycles. The van der Waals surface area contributed by atoms with E-state index in [4.69, 9.17) is 4.74 Å². The van der Waals surface area contributed by atoms with E-state index in [1.165, 1.54) is 33.9 Å². The number of anilines is 1. The molecule has 0 fully saturated rings. The molecule has 2 aromatic rings. The molecule has 34 heavy (non-hydrogen) atoms. The van der Waals surface area contributed by atoms with Crippen LogP contribution in [0, 0.1) is 0 Å². The standard InChI is InChI=1S/C30H39N2O2/c1-29(2)23-13-6-8-15-25(23)31(19-11-21-33)27(29)17-10-18-28-30(3,4)24-14-7-9-16-26(24)32(28)20-12-22-34-5/h6-10,13-18,33H,11-12,19-22H2,1-5H3/q+1. The van der Waals surface area contributed by atoms with Crippen LogP contribution in [0.5, 0.6) is 0 Å². The summed E-state index contributed by atoms with van der Waals surface area (Å²) in [7, 11) is 1.77. The average Bonchev–Trinajstić information content (AvgIpc) is 3.17. The number of fused-ring (bicyclic) bond motifs is 2. The van der Waals surface area contributed by atoms with E-state index < -0.39 is 0 Å². The Bertz CT molecular complexity index is 1120. The lowest BCUT2D eigenvalue weighted by Gasteiger charge is -2.26. The second-order valence-electron chi connectivity index (χ2n) is 10.3. The normalized spacial score (nSPS) is 19.4. The van der Waals surface area contributed by atoms with Gasteiger partial charge in [0.15, 0.2) is 12.3 Å². The molecule has 4 heteroatoms. The van der Waals surface area contributed by atoms with Gasteiger partial charge in [0.1, 0.15) is 0 Å². The number of aliphatic hydroxyl groups excluding tert-OH is 1. The first-order valence-corrected chi connectivity index (χ1v) is 12.4. The van der Waals surface area contributed by atoms with Crippen molar-refractivity contribution >= 4 is 17.1 Å². The lowest BCUT2D eigenvalue weighted by Crippen LogP contribution is -2.28. The van der Waals surface area contributed by atoms with Gasteiger partial charge in [-0.25, -0.2) is 0 Å². The molecule has 2 heterocycles. The van der Waals surface area contributed by atoms with Gasteiger partial charge in [0.2, 0.25) is 5.69 Å². The molecule has 1 N–H and O–H groups in total. The highest BCUT2D eigenvalue weighted by molar-refractivity contribution is 6.03. The number of hydrogen-bond acceptors (Lipinski definition) is 3. The molecule has 2 aliphatic rings. The van der Waals surface area contributed by atoms with E-state index in [0.717, 1.165) is 32.5 Å². The molecule has 0 atom stereocenters. The summed E-state index contributed by atoms with van der Waals surface area (Å²) in [6.07, 6.45) is 8.52. The Labute approximate surface area is 204 Å². The first-order valence-electron chi connectivity index (χ1n) is 12.4. The number of aliphatic hydroxyl groups is 1. The molecule has 0 saturated heterocycles. The fourth-order valence-corrected chi connectivity index (χ4v) is 5.59. The summed E-state index contributed by atoms with van der Waals surface area (Å²) >= 11 is 0. The highest BCUT2D eigenvalue weighted by atomic mass is 16.5. The summed E-state index contributed by atoms with van der Waals surface area (Å²) in [6, 6.07) is 17.4. The maximum absolute atomic E-state index is 9.49. The molecule has 0 unspecified atom stereocenters. The van der Waals surface area contributed by atoms with Crippen LogP contribution in [0.25, 0.3) is 0 Å². The van der Waals surface area contributed by atoms with Gasteiger partial charge in [0.25, 0.3) is 0 Å². The number of methoxy groups -OCH3 is 1. The van der Waals surface area contributed by atoms with Gasteiger partial charge in [-0.2, -0.15) is 4.58 Å². The van der Waals surface area contributed by atoms with Gasteiger partial charge in [-0.3, -0.25) is 0 Å². The van der Waals surface area contributed by atoms with Crippen molar-refractivity contribution in [2.24, 2.45) is 0 Å². The Morgan fingerprint density at radius 2 is 1.65 bits per heavy atom. The minimum absolute atomic E-state index is 0.0661. The first kappa shape index (κ1) is 24.4. The van der Waals surface area contributed by atoms with E-state index in [1.54, 1.807) is 7.11 Å². The van der Waals surface area contributed by atoms with Crippen LogP contribution < -0.4 is 4.90 Å². The molecular formula is C30H39N2O2+. The van der Waals surface area contributed by atoms with Crippen LogP contribution in [0.2, 0.25) is 0 Å². The van der Waals surface area contributed by atoms with Crippen molar-refractivity contribution in [3.8, 4) is 0 Å². The molecule has 0 radical (unpaired) electrons. The Kier molecular flexibility index (Phi) is 7.11. The van der Waals surface area contributed by atoms with Crippen LogP contribution in [0.3, 0.4) is 0 Å². The second kappa shape index (κ2) is 9.89. The summed E-state index contributed by atoms with van der Waals surface area (Å²) in [4.78, 5) is 2.38. The molecule has 4 nitrogen and oxygen atoms in total. The van der Waals surface area contributed by atoms with Crippen molar-refractivity contribution in [3.05, 3.63) is 83.6 Å². The molecule has 0 bridgehead atoms. The zero-order chi connectivity index (χ0) is 24.3. The predicted molar refractivity (Wildman–Crippen MR) is 141 cm³/mol. The topological polar surface area (TPSA) is 35.7 Å². The number of nitrogens with zero attached hydrogens (tertiary/aromatic N) is 2. The summed E-state index contributed by atoms with van der Waals surface area (Å²) in [5.74, 6) is 0. The molecule has 2 aromatic carbocycles. The molecule has 0 amide bonds. The highest BCUT2D eigenvalue weighted by Gasteiger charge is 2.44. The van der Waals surface area contributed by atoms with E-state index in [2.05, 4.69) is 104 Å². The lowest BCUT2D eigenvalue weighted by molar-refractivity contribution is -0.438. The smallest absolute Gasteiger partial charge is 0.209 e. The number of ether oxygens (including phenoxy) is 1. The van der Waals surface area contributed by atoms with Gasteiger partial charge in [0.05, 0.1) is 12.0 Å². The quantitative estimate of drug-likeness (QED) is 0.385. The third-order valence-electron chi connectivity index (χ3n) is 7.38. The van der Waals surface area contributed by atoms with E-state index in [9.17, 15) is 5.11 Å². The maximum atomic E-state index is 9.49. The number of allylic oxidation sites excluding steroid dienone is 4. The zero-order valence-corrected chi connectivity index (χ0v) is 21.3. The van der Waals surface area contributed by atoms with Gasteiger partial charge in [-0.1, -0.05) is 56.3 Å². The molecule has 4 rings (SSSR count). The van der Waals surface area contributed by atoms with E-state index >= 15 is 0 Å². The molecule has 0 aromatic heterocycles. The van der Waals surface area contributed by atoms with Crippen molar-refractivity contribution in [1.29, 1.82) is 0 Å². The SMILES string of the molecule is COCCC[N+]1=C(C=CC=C2N(CCCO)c3ccccc3C2(C)C)C(C)(C)c2ccccc21. The lowest BCUT2D eigenvalue weighted by atomic mass is 9.81. The van der Waals surface area contributed by atoms with Gasteiger partial charge in [-0.05, 0) is 38.0 Å². The minimum atomic E-state index is -0.0899. The summed E-state index contributed by atoms with van der Waals surface area (Å²) < 4.78 is 7.80. The first-order chi connectivity index (χ1) is 16.3. The molecular weight excluding hydrogens is 420 g/mol. The summed E-state index contributed by atoms with van der Waals surface area (Å²) in [5, 5.41) is 9.49. The third kappa shape index (κ3) is 4.25. The van der Waals surface area contributed by atoms with Crippen LogP contribution in [0.4, 0.5) is 11.4 Å². The third-order valence-corrected chi connectivity index (χ3v) is 7.38. The number of rotatable bonds is 9. The van der Waals surface area contributed by atoms with Crippen molar-refractivity contribution < 1.29 is 14.4 Å². The Morgan fingerprint density at radius 3 is 2.38 bits per heavy atom. The van der Waals surface area contributed by atoms with Crippen LogP contribution in [0.15, 0.2) is 72.5 Å². The number of benzene rings is 2. The monoisotopic (exact) mass is 459 g/mol. The van der Waals surface area contributed by atoms with Crippen molar-refractivity contribution in [3.63, 3.8) is 0 Å². The average molecular weight is 460 g/mol. The number of para-hydroxylation sites is 2. The number of hydrogen-bond donors (Lipinski definition) is 1. The highest BCUT2D eigenvalue weighted by Crippen LogP contribution is 2.47. The van der Waals surface area contributed by atoms with E-state index in [0.29, 0.717) is 0 Å². The summed E-state index contributed by atoms with van der Waals surface area (Å²) in [6.45, 7) is 11.9. The van der Waals surface area contributed by atoms with Crippen LogP contribution in [0.1, 0.15) is 51.7 Å². The molecule has 180 valence electrons. The van der Waals surface area contributed by atoms with Gasteiger partial charge >= 0.3 is 0 Å². The van der Waals surface area contributed by atoms with Crippen LogP contribution in [-0.2, 0) is 15.6 Å². The Balaban J connectivity index is 1.72.